The molecule has 6 heteroatoms. The Labute approximate surface area is 188 Å². The van der Waals surface area contributed by atoms with Gasteiger partial charge in [-0.1, -0.05) is 63.2 Å². The average Bonchev–Trinajstić information content (AvgIpc) is 2.74. The number of carbonyl (C=O) groups is 1. The van der Waals surface area contributed by atoms with Crippen molar-refractivity contribution in [2.45, 2.75) is 32.8 Å². The minimum atomic E-state index is -0.367. The van der Waals surface area contributed by atoms with Gasteiger partial charge in [0.2, 0.25) is 0 Å². The maximum atomic E-state index is 12.6. The molecule has 0 saturated carbocycles. The van der Waals surface area contributed by atoms with E-state index in [2.05, 4.69) is 31.4 Å². The number of nitrogens with one attached hydrogen (secondary N) is 2. The molecule has 31 heavy (non-hydrogen) atoms. The van der Waals surface area contributed by atoms with Gasteiger partial charge in [-0.25, -0.2) is 0 Å². The summed E-state index contributed by atoms with van der Waals surface area (Å²) >= 11 is 5.27. The van der Waals surface area contributed by atoms with E-state index < -0.39 is 0 Å². The molecule has 0 unspecified atom stereocenters. The fraction of sp³-hybridized carbons (Fsp3) is 0.200. The molecule has 1 amide bonds. The van der Waals surface area contributed by atoms with E-state index in [0.29, 0.717) is 23.6 Å². The van der Waals surface area contributed by atoms with Gasteiger partial charge in [-0.05, 0) is 59.1 Å². The summed E-state index contributed by atoms with van der Waals surface area (Å²) in [7, 11) is 0. The topological polar surface area (TPSA) is 70.6 Å². The Morgan fingerprint density at radius 3 is 2.45 bits per heavy atom. The van der Waals surface area contributed by atoms with Crippen LogP contribution in [0.25, 0.3) is 0 Å². The number of benzene rings is 3. The Kier molecular flexibility index (Phi) is 6.92. The van der Waals surface area contributed by atoms with Crippen LogP contribution in [0.15, 0.2) is 72.8 Å². The normalized spacial score (nSPS) is 10.9. The summed E-state index contributed by atoms with van der Waals surface area (Å²) in [5.41, 5.74) is 2.85. The van der Waals surface area contributed by atoms with E-state index >= 15 is 0 Å². The van der Waals surface area contributed by atoms with E-state index in [9.17, 15) is 9.90 Å². The quantitative estimate of drug-likeness (QED) is 0.371. The van der Waals surface area contributed by atoms with E-state index in [4.69, 9.17) is 17.0 Å². The number of amides is 1. The van der Waals surface area contributed by atoms with Gasteiger partial charge < -0.3 is 15.2 Å². The summed E-state index contributed by atoms with van der Waals surface area (Å²) in [4.78, 5) is 12.6. The molecule has 0 heterocycles. The van der Waals surface area contributed by atoms with Gasteiger partial charge >= 0.3 is 0 Å². The second kappa shape index (κ2) is 9.62. The van der Waals surface area contributed by atoms with Crippen LogP contribution in [-0.2, 0) is 12.0 Å². The summed E-state index contributed by atoms with van der Waals surface area (Å²) in [6.07, 6.45) is 0. The predicted molar refractivity (Wildman–Crippen MR) is 128 cm³/mol. The van der Waals surface area contributed by atoms with Gasteiger partial charge in [0.05, 0.1) is 5.69 Å². The number of ether oxygens (including phenoxy) is 1. The summed E-state index contributed by atoms with van der Waals surface area (Å²) in [6.45, 7) is 6.65. The Morgan fingerprint density at radius 2 is 1.74 bits per heavy atom. The summed E-state index contributed by atoms with van der Waals surface area (Å²) in [5, 5.41) is 15.8. The van der Waals surface area contributed by atoms with Crippen LogP contribution < -0.4 is 15.4 Å². The molecule has 160 valence electrons. The zero-order valence-electron chi connectivity index (χ0n) is 17.8. The fourth-order valence-corrected chi connectivity index (χ4v) is 3.10. The highest BCUT2D eigenvalue weighted by Gasteiger charge is 2.16. The molecular formula is C25H26N2O3S. The van der Waals surface area contributed by atoms with Gasteiger partial charge in [0.25, 0.3) is 5.91 Å². The molecule has 0 radical (unpaired) electrons. The molecule has 0 aliphatic rings. The third-order valence-corrected chi connectivity index (χ3v) is 4.89. The zero-order valence-corrected chi connectivity index (χ0v) is 18.6. The van der Waals surface area contributed by atoms with Gasteiger partial charge in [-0.3, -0.25) is 10.1 Å². The van der Waals surface area contributed by atoms with Crippen molar-refractivity contribution in [2.75, 3.05) is 5.32 Å². The van der Waals surface area contributed by atoms with E-state index in [1.54, 1.807) is 30.3 Å². The van der Waals surface area contributed by atoms with Crippen LogP contribution in [0.3, 0.4) is 0 Å². The zero-order chi connectivity index (χ0) is 22.4. The standard InChI is InChI=1S/C25H26N2O3S/c1-25(2,3)19-12-13-22(28)21(15-19)26-24(31)27-23(29)18-10-7-11-20(14-18)30-16-17-8-5-4-6-9-17/h4-15,28H,16H2,1-3H3,(H2,26,27,29,31). The van der Waals surface area contributed by atoms with Crippen LogP contribution >= 0.6 is 12.2 Å². The average molecular weight is 435 g/mol. The lowest BCUT2D eigenvalue weighted by atomic mass is 9.87. The molecule has 0 fully saturated rings. The molecule has 3 aromatic rings. The number of thiocarbonyl (C=S) groups is 1. The number of hydrogen-bond donors (Lipinski definition) is 3. The highest BCUT2D eigenvalue weighted by Crippen LogP contribution is 2.30. The second-order valence-electron chi connectivity index (χ2n) is 8.19. The molecule has 3 N–H and O–H groups in total. The lowest BCUT2D eigenvalue weighted by Crippen LogP contribution is -2.34. The van der Waals surface area contributed by atoms with Crippen molar-refractivity contribution >= 4 is 28.9 Å². The number of phenols is 1. The monoisotopic (exact) mass is 434 g/mol. The van der Waals surface area contributed by atoms with Crippen LogP contribution in [0.4, 0.5) is 5.69 Å². The van der Waals surface area contributed by atoms with E-state index in [0.717, 1.165) is 11.1 Å². The van der Waals surface area contributed by atoms with Crippen molar-refractivity contribution in [3.05, 3.63) is 89.5 Å². The molecule has 0 aliphatic heterocycles. The lowest BCUT2D eigenvalue weighted by molar-refractivity contribution is 0.0977. The predicted octanol–water partition coefficient (Wildman–Crippen LogP) is 5.40. The first-order valence-corrected chi connectivity index (χ1v) is 10.4. The Hall–Kier alpha value is -3.38. The Morgan fingerprint density at radius 1 is 1.00 bits per heavy atom. The van der Waals surface area contributed by atoms with Crippen LogP contribution in [0.2, 0.25) is 0 Å². The SMILES string of the molecule is CC(C)(C)c1ccc(O)c(NC(=S)NC(=O)c2cccc(OCc3ccccc3)c2)c1. The highest BCUT2D eigenvalue weighted by atomic mass is 32.1. The number of phenolic OH excluding ortho intramolecular Hbond substituents is 1. The fourth-order valence-electron chi connectivity index (χ4n) is 2.90. The van der Waals surface area contributed by atoms with Gasteiger partial charge in [0.15, 0.2) is 5.11 Å². The molecule has 3 rings (SSSR count). The minimum absolute atomic E-state index is 0.0564. The molecular weight excluding hydrogens is 408 g/mol. The van der Waals surface area contributed by atoms with Crippen molar-refractivity contribution < 1.29 is 14.6 Å². The van der Waals surface area contributed by atoms with E-state index in [1.807, 2.05) is 42.5 Å². The van der Waals surface area contributed by atoms with Gasteiger partial charge in [-0.2, -0.15) is 0 Å². The Bertz CT molecular complexity index is 1080. The maximum absolute atomic E-state index is 12.6. The van der Waals surface area contributed by atoms with Crippen molar-refractivity contribution in [3.8, 4) is 11.5 Å². The third-order valence-electron chi connectivity index (χ3n) is 4.68. The number of hydrogen-bond acceptors (Lipinski definition) is 4. The van der Waals surface area contributed by atoms with Gasteiger partial charge in [0.1, 0.15) is 18.1 Å². The third kappa shape index (κ3) is 6.30. The largest absolute Gasteiger partial charge is 0.506 e. The number of anilines is 1. The van der Waals surface area contributed by atoms with Crippen molar-refractivity contribution in [2.24, 2.45) is 0 Å². The number of aromatic hydroxyl groups is 1. The lowest BCUT2D eigenvalue weighted by Gasteiger charge is -2.21. The summed E-state index contributed by atoms with van der Waals surface area (Å²) in [5.74, 6) is 0.279. The summed E-state index contributed by atoms with van der Waals surface area (Å²) < 4.78 is 5.78. The molecule has 0 atom stereocenters. The van der Waals surface area contributed by atoms with E-state index in [-0.39, 0.29) is 22.2 Å². The van der Waals surface area contributed by atoms with Crippen molar-refractivity contribution in [1.29, 1.82) is 0 Å². The summed E-state index contributed by atoms with van der Waals surface area (Å²) in [6, 6.07) is 22.0. The van der Waals surface area contributed by atoms with Crippen LogP contribution in [0, 0.1) is 0 Å². The molecule has 5 nitrogen and oxygen atoms in total. The van der Waals surface area contributed by atoms with Crippen LogP contribution in [-0.4, -0.2) is 16.1 Å². The first kappa shape index (κ1) is 22.3. The van der Waals surface area contributed by atoms with Crippen molar-refractivity contribution in [3.63, 3.8) is 0 Å². The number of carbonyl (C=O) groups excluding carboxylic acids is 1. The maximum Gasteiger partial charge on any atom is 0.257 e. The van der Waals surface area contributed by atoms with Crippen LogP contribution in [0.1, 0.15) is 42.3 Å². The number of rotatable bonds is 5. The molecule has 0 saturated heterocycles. The van der Waals surface area contributed by atoms with E-state index in [1.165, 1.54) is 0 Å². The first-order valence-electron chi connectivity index (χ1n) is 9.95. The second-order valence-corrected chi connectivity index (χ2v) is 8.60. The molecule has 0 bridgehead atoms. The van der Waals surface area contributed by atoms with Gasteiger partial charge in [-0.15, -0.1) is 0 Å². The molecule has 0 aliphatic carbocycles. The minimum Gasteiger partial charge on any atom is -0.506 e. The smallest absolute Gasteiger partial charge is 0.257 e. The van der Waals surface area contributed by atoms with Crippen molar-refractivity contribution in [1.82, 2.24) is 5.32 Å². The highest BCUT2D eigenvalue weighted by molar-refractivity contribution is 7.80. The van der Waals surface area contributed by atoms with Crippen LogP contribution in [0.5, 0.6) is 11.5 Å². The van der Waals surface area contributed by atoms with Gasteiger partial charge in [0, 0.05) is 5.56 Å². The first-order chi connectivity index (χ1) is 14.7. The Balaban J connectivity index is 1.63. The molecule has 0 aromatic heterocycles. The molecule has 3 aromatic carbocycles. The molecule has 0 spiro atoms.